The molecule has 0 bridgehead atoms. The van der Waals surface area contributed by atoms with Gasteiger partial charge >= 0.3 is 0 Å². The highest BCUT2D eigenvalue weighted by Gasteiger charge is 2.84. The van der Waals surface area contributed by atoms with E-state index in [1.807, 2.05) is 34.6 Å². The first-order chi connectivity index (χ1) is 15.3. The van der Waals surface area contributed by atoms with Gasteiger partial charge in [0.05, 0.1) is 18.6 Å². The number of hydrogen-bond donors (Lipinski definition) is 0. The molecule has 7 heteroatoms. The predicted molar refractivity (Wildman–Crippen MR) is 132 cm³/mol. The third-order valence-corrected chi connectivity index (χ3v) is 9.70. The molecule has 7 atom stereocenters. The van der Waals surface area contributed by atoms with Crippen molar-refractivity contribution in [2.24, 2.45) is 16.7 Å². The van der Waals surface area contributed by atoms with Gasteiger partial charge in [-0.2, -0.15) is 0 Å². The van der Waals surface area contributed by atoms with Gasteiger partial charge in [0.15, 0.2) is 31.3 Å². The van der Waals surface area contributed by atoms with Gasteiger partial charge in [-0.1, -0.05) is 26.7 Å². The number of ether oxygens (including phenoxy) is 4. The molecule has 0 radical (unpaired) electrons. The molecule has 0 aromatic carbocycles. The Balaban J connectivity index is 2.11. The lowest BCUT2D eigenvalue weighted by molar-refractivity contribution is -0.440. The van der Waals surface area contributed by atoms with Gasteiger partial charge in [-0.3, -0.25) is 4.79 Å². The summed E-state index contributed by atoms with van der Waals surface area (Å²) in [5.41, 5.74) is -3.37. The van der Waals surface area contributed by atoms with Crippen LogP contribution in [0.25, 0.3) is 0 Å². The van der Waals surface area contributed by atoms with Crippen LogP contribution in [0.15, 0.2) is 0 Å². The first-order valence-electron chi connectivity index (χ1n) is 12.7. The molecule has 192 valence electrons. The fraction of sp³-hybridized carbons (Fsp3) is 0.889. The molecule has 2 saturated heterocycles. The largest absolute Gasteiger partial charge is 0.406 e. The van der Waals surface area contributed by atoms with E-state index < -0.39 is 42.6 Å². The molecule has 6 nitrogen and oxygen atoms in total. The van der Waals surface area contributed by atoms with E-state index in [1.165, 1.54) is 0 Å². The van der Waals surface area contributed by atoms with Gasteiger partial charge in [0.25, 0.3) is 0 Å². The molecule has 2 saturated carbocycles. The molecule has 4 rings (SSSR count). The third kappa shape index (κ3) is 3.43. The summed E-state index contributed by atoms with van der Waals surface area (Å²) in [6.07, 6.45) is 6.49. The van der Waals surface area contributed by atoms with E-state index in [2.05, 4.69) is 46.3 Å². The zero-order valence-corrected chi connectivity index (χ0v) is 24.0. The molecule has 0 unspecified atom stereocenters. The minimum Gasteiger partial charge on any atom is -0.406 e. The average molecular weight is 493 g/mol. The van der Waals surface area contributed by atoms with E-state index in [-0.39, 0.29) is 35.7 Å². The van der Waals surface area contributed by atoms with E-state index in [9.17, 15) is 4.79 Å². The van der Waals surface area contributed by atoms with Gasteiger partial charge < -0.3 is 23.4 Å². The minimum absolute atomic E-state index is 0.0438. The summed E-state index contributed by atoms with van der Waals surface area (Å²) in [4.78, 5) is 14.5. The van der Waals surface area contributed by atoms with Crippen molar-refractivity contribution in [2.45, 2.75) is 135 Å². The second kappa shape index (κ2) is 7.40. The Morgan fingerprint density at radius 1 is 1.00 bits per heavy atom. The molecule has 0 amide bonds. The van der Waals surface area contributed by atoms with Crippen LogP contribution in [0.3, 0.4) is 0 Å². The normalized spacial score (nSPS) is 46.2. The van der Waals surface area contributed by atoms with Gasteiger partial charge in [-0.25, -0.2) is 0 Å². The van der Waals surface area contributed by atoms with Crippen molar-refractivity contribution in [3.63, 3.8) is 0 Å². The molecule has 0 aromatic heterocycles. The summed E-state index contributed by atoms with van der Waals surface area (Å²) in [5, 5.41) is 0. The highest BCUT2D eigenvalue weighted by molar-refractivity contribution is 6.69. The number of terminal acetylenes is 1. The van der Waals surface area contributed by atoms with Crippen molar-refractivity contribution in [1.82, 2.24) is 0 Å². The summed E-state index contributed by atoms with van der Waals surface area (Å²) in [7, 11) is -2.23. The van der Waals surface area contributed by atoms with Gasteiger partial charge in [-0.05, 0) is 72.5 Å². The molecule has 0 spiro atoms. The van der Waals surface area contributed by atoms with Crippen LogP contribution in [0.1, 0.15) is 74.7 Å². The van der Waals surface area contributed by atoms with Crippen LogP contribution in [0, 0.1) is 29.1 Å². The van der Waals surface area contributed by atoms with Crippen molar-refractivity contribution in [1.29, 1.82) is 0 Å². The number of ketones is 1. The number of carbonyl (C=O) groups excluding carboxylic acids is 1. The summed E-state index contributed by atoms with van der Waals surface area (Å²) in [5.74, 6) is 0.601. The average Bonchev–Trinajstić information content (AvgIpc) is 2.95. The number of rotatable bonds is 4. The van der Waals surface area contributed by atoms with Crippen LogP contribution in [0.5, 0.6) is 0 Å². The van der Waals surface area contributed by atoms with Crippen LogP contribution >= 0.6 is 0 Å². The maximum absolute atomic E-state index is 14.5. The molecule has 2 aliphatic carbocycles. The van der Waals surface area contributed by atoms with E-state index >= 15 is 0 Å². The van der Waals surface area contributed by atoms with Crippen LogP contribution in [-0.2, 0) is 28.2 Å². The van der Waals surface area contributed by atoms with Crippen LogP contribution in [0.2, 0.25) is 19.6 Å². The van der Waals surface area contributed by atoms with E-state index in [0.29, 0.717) is 0 Å². The topological polar surface area (TPSA) is 63.2 Å². The minimum atomic E-state index is -2.23. The highest BCUT2D eigenvalue weighted by atomic mass is 28.4. The van der Waals surface area contributed by atoms with Gasteiger partial charge in [0.2, 0.25) is 0 Å². The van der Waals surface area contributed by atoms with Crippen molar-refractivity contribution >= 4 is 14.1 Å². The zero-order chi connectivity index (χ0) is 25.8. The van der Waals surface area contributed by atoms with E-state index in [4.69, 9.17) is 29.8 Å². The quantitative estimate of drug-likeness (QED) is 0.404. The molecular weight excluding hydrogens is 448 g/mol. The maximum Gasteiger partial charge on any atom is 0.184 e. The summed E-state index contributed by atoms with van der Waals surface area (Å²) in [6.45, 7) is 22.8. The Bertz CT molecular complexity index is 913. The Morgan fingerprint density at radius 3 is 2.18 bits per heavy atom. The second-order valence-electron chi connectivity index (χ2n) is 13.7. The van der Waals surface area contributed by atoms with Crippen molar-refractivity contribution in [3.8, 4) is 12.3 Å². The smallest absolute Gasteiger partial charge is 0.184 e. The number of carbonyl (C=O) groups is 1. The number of Topliss-reactive ketones (excluding diaryl/α,β-unsaturated/α-hetero) is 1. The molecule has 0 N–H and O–H groups in total. The SMILES string of the molecule is C#CCC(=O)[C@@]12OC(C)(C)O[C@H]3CCC(C)(C)[C@H]([C@@H]4OC(C)(C)O[C@@H]4[C@@]1(C)O[Si](C)(C)C)[C@]32C. The van der Waals surface area contributed by atoms with Crippen molar-refractivity contribution < 1.29 is 28.2 Å². The predicted octanol–water partition coefficient (Wildman–Crippen LogP) is 5.06. The first-order valence-corrected chi connectivity index (χ1v) is 16.1. The molecule has 0 aromatic rings. The lowest BCUT2D eigenvalue weighted by Gasteiger charge is -2.74. The summed E-state index contributed by atoms with van der Waals surface area (Å²) in [6, 6.07) is 0. The molecular formula is C27H44O6Si. The Kier molecular flexibility index (Phi) is 5.72. The van der Waals surface area contributed by atoms with Gasteiger partial charge in [0.1, 0.15) is 11.7 Å². The van der Waals surface area contributed by atoms with Crippen molar-refractivity contribution in [3.05, 3.63) is 0 Å². The lowest BCUT2D eigenvalue weighted by Crippen LogP contribution is -2.87. The number of fused-ring (bicyclic) bond motifs is 2. The molecule has 4 fully saturated rings. The van der Waals surface area contributed by atoms with E-state index in [1.54, 1.807) is 0 Å². The molecule has 2 heterocycles. The van der Waals surface area contributed by atoms with Gasteiger partial charge in [0, 0.05) is 11.3 Å². The molecule has 4 aliphatic rings. The van der Waals surface area contributed by atoms with Crippen molar-refractivity contribution in [2.75, 3.05) is 0 Å². The molecule has 2 aliphatic heterocycles. The van der Waals surface area contributed by atoms with Crippen LogP contribution in [0.4, 0.5) is 0 Å². The van der Waals surface area contributed by atoms with Gasteiger partial charge in [-0.15, -0.1) is 6.42 Å². The van der Waals surface area contributed by atoms with Crippen LogP contribution < -0.4 is 0 Å². The second-order valence-corrected chi connectivity index (χ2v) is 18.2. The Labute approximate surface area is 206 Å². The summed E-state index contributed by atoms with van der Waals surface area (Å²) < 4.78 is 34.0. The lowest BCUT2D eigenvalue weighted by atomic mass is 9.40. The third-order valence-electron chi connectivity index (χ3n) is 8.66. The fourth-order valence-corrected chi connectivity index (χ4v) is 9.67. The first kappa shape index (κ1) is 26.3. The number of hydrogen-bond acceptors (Lipinski definition) is 6. The molecule has 34 heavy (non-hydrogen) atoms. The fourth-order valence-electron chi connectivity index (χ4n) is 8.14. The van der Waals surface area contributed by atoms with Crippen LogP contribution in [-0.4, -0.2) is 55.2 Å². The Hall–Kier alpha value is -0.753. The highest BCUT2D eigenvalue weighted by Crippen LogP contribution is 2.71. The Morgan fingerprint density at radius 2 is 1.62 bits per heavy atom. The van der Waals surface area contributed by atoms with E-state index in [0.717, 1.165) is 12.8 Å². The monoisotopic (exact) mass is 492 g/mol. The zero-order valence-electron chi connectivity index (χ0n) is 23.0. The maximum atomic E-state index is 14.5. The summed E-state index contributed by atoms with van der Waals surface area (Å²) >= 11 is 0. The standard InChI is InChI=1S/C27H44O6Si/c1-13-14-17(28)27-25(8)18(29-24(6,7)32-27)15-16-22(2,3)20(25)19-21(31-23(4,5)30-19)26(27,9)33-34(10,11)12/h1,18-21H,14-16H2,2-12H3/t18-,19-,20-,21-,25-,26+,27-/m0/s1.